The molecule has 98 valence electrons. The fourth-order valence-corrected chi connectivity index (χ4v) is 2.55. The number of carbonyl (C=O) groups excluding carboxylic acids is 1. The standard InChI is InChI=1S/C14H19BrN2O/c1-10(9-16-2)13(18)17-14(6-7-14)11-4-3-5-12(15)8-11/h3-5,8,10,16H,6-7,9H2,1-2H3,(H,17,18). The van der Waals surface area contributed by atoms with Crippen LogP contribution in [0.2, 0.25) is 0 Å². The summed E-state index contributed by atoms with van der Waals surface area (Å²) in [7, 11) is 1.87. The van der Waals surface area contributed by atoms with Crippen LogP contribution < -0.4 is 10.6 Å². The lowest BCUT2D eigenvalue weighted by atomic mass is 10.0. The summed E-state index contributed by atoms with van der Waals surface area (Å²) in [5, 5.41) is 6.23. The Morgan fingerprint density at radius 2 is 2.22 bits per heavy atom. The van der Waals surface area contributed by atoms with E-state index in [1.54, 1.807) is 0 Å². The van der Waals surface area contributed by atoms with E-state index in [4.69, 9.17) is 0 Å². The van der Waals surface area contributed by atoms with Gasteiger partial charge in [0.2, 0.25) is 5.91 Å². The Morgan fingerprint density at radius 1 is 1.50 bits per heavy atom. The fourth-order valence-electron chi connectivity index (χ4n) is 2.15. The lowest BCUT2D eigenvalue weighted by molar-refractivity contribution is -0.125. The minimum Gasteiger partial charge on any atom is -0.346 e. The summed E-state index contributed by atoms with van der Waals surface area (Å²) in [5.41, 5.74) is 1.07. The number of halogens is 1. The Hall–Kier alpha value is -0.870. The fraction of sp³-hybridized carbons (Fsp3) is 0.500. The molecule has 4 heteroatoms. The molecule has 18 heavy (non-hydrogen) atoms. The van der Waals surface area contributed by atoms with Crippen LogP contribution in [0.1, 0.15) is 25.3 Å². The second-order valence-electron chi connectivity index (χ2n) is 5.04. The summed E-state index contributed by atoms with van der Waals surface area (Å²) in [5.74, 6) is 0.126. The van der Waals surface area contributed by atoms with Gasteiger partial charge in [-0.25, -0.2) is 0 Å². The summed E-state index contributed by atoms with van der Waals surface area (Å²) < 4.78 is 1.06. The Balaban J connectivity index is 2.07. The van der Waals surface area contributed by atoms with Gasteiger partial charge in [-0.05, 0) is 37.6 Å². The van der Waals surface area contributed by atoms with Crippen molar-refractivity contribution in [3.05, 3.63) is 34.3 Å². The zero-order valence-electron chi connectivity index (χ0n) is 10.8. The number of nitrogens with one attached hydrogen (secondary N) is 2. The van der Waals surface area contributed by atoms with E-state index in [-0.39, 0.29) is 17.4 Å². The first-order valence-electron chi connectivity index (χ1n) is 6.30. The average Bonchev–Trinajstić information content (AvgIpc) is 3.10. The van der Waals surface area contributed by atoms with Gasteiger partial charge in [-0.3, -0.25) is 4.79 Å². The minimum absolute atomic E-state index is 0.000345. The first kappa shape index (κ1) is 13.6. The van der Waals surface area contributed by atoms with Gasteiger partial charge in [0.15, 0.2) is 0 Å². The van der Waals surface area contributed by atoms with E-state index >= 15 is 0 Å². The molecule has 2 rings (SSSR count). The molecule has 1 saturated carbocycles. The highest BCUT2D eigenvalue weighted by molar-refractivity contribution is 9.10. The zero-order valence-corrected chi connectivity index (χ0v) is 12.4. The van der Waals surface area contributed by atoms with Crippen molar-refractivity contribution in [1.29, 1.82) is 0 Å². The van der Waals surface area contributed by atoms with E-state index < -0.39 is 0 Å². The zero-order chi connectivity index (χ0) is 13.2. The highest BCUT2D eigenvalue weighted by Crippen LogP contribution is 2.46. The van der Waals surface area contributed by atoms with Crippen molar-refractivity contribution in [3.63, 3.8) is 0 Å². The van der Waals surface area contributed by atoms with Crippen LogP contribution in [0, 0.1) is 5.92 Å². The summed E-state index contributed by atoms with van der Waals surface area (Å²) in [6.45, 7) is 2.66. The molecule has 1 fully saturated rings. The van der Waals surface area contributed by atoms with Crippen molar-refractivity contribution in [2.45, 2.75) is 25.3 Å². The quantitative estimate of drug-likeness (QED) is 0.877. The number of amides is 1. The van der Waals surface area contributed by atoms with Gasteiger partial charge in [-0.1, -0.05) is 35.0 Å². The maximum Gasteiger partial charge on any atom is 0.224 e. The molecule has 0 spiro atoms. The molecule has 1 amide bonds. The maximum absolute atomic E-state index is 12.1. The van der Waals surface area contributed by atoms with Crippen LogP contribution in [0.25, 0.3) is 0 Å². The van der Waals surface area contributed by atoms with Crippen LogP contribution in [-0.2, 0) is 10.3 Å². The molecule has 1 unspecified atom stereocenters. The van der Waals surface area contributed by atoms with Crippen LogP contribution in [0.3, 0.4) is 0 Å². The van der Waals surface area contributed by atoms with Crippen molar-refractivity contribution in [1.82, 2.24) is 10.6 Å². The normalized spacial score (nSPS) is 18.2. The highest BCUT2D eigenvalue weighted by atomic mass is 79.9. The van der Waals surface area contributed by atoms with E-state index in [0.717, 1.165) is 17.3 Å². The molecule has 0 saturated heterocycles. The Kier molecular flexibility index (Phi) is 4.07. The number of carbonyl (C=O) groups is 1. The van der Waals surface area contributed by atoms with Gasteiger partial charge in [0.05, 0.1) is 5.54 Å². The molecule has 1 aliphatic rings. The number of hydrogen-bond acceptors (Lipinski definition) is 2. The Morgan fingerprint density at radius 3 is 2.78 bits per heavy atom. The first-order valence-corrected chi connectivity index (χ1v) is 7.09. The van der Waals surface area contributed by atoms with E-state index in [0.29, 0.717) is 6.54 Å². The van der Waals surface area contributed by atoms with Gasteiger partial charge in [0, 0.05) is 16.9 Å². The first-order chi connectivity index (χ1) is 8.57. The molecule has 1 atom stereocenters. The monoisotopic (exact) mass is 310 g/mol. The molecule has 0 radical (unpaired) electrons. The molecule has 0 aromatic heterocycles. The van der Waals surface area contributed by atoms with Crippen LogP contribution in [0.5, 0.6) is 0 Å². The molecular weight excluding hydrogens is 292 g/mol. The molecule has 0 aliphatic heterocycles. The second kappa shape index (κ2) is 5.41. The average molecular weight is 311 g/mol. The van der Waals surface area contributed by atoms with Crippen LogP contribution >= 0.6 is 15.9 Å². The van der Waals surface area contributed by atoms with E-state index in [9.17, 15) is 4.79 Å². The molecule has 1 aromatic rings. The summed E-state index contributed by atoms with van der Waals surface area (Å²) in [6.07, 6.45) is 2.06. The highest BCUT2D eigenvalue weighted by Gasteiger charge is 2.46. The molecule has 1 aromatic carbocycles. The lowest BCUT2D eigenvalue weighted by Crippen LogP contribution is -2.40. The van der Waals surface area contributed by atoms with Crippen molar-refractivity contribution in [2.24, 2.45) is 5.92 Å². The summed E-state index contributed by atoms with van der Waals surface area (Å²) >= 11 is 3.48. The van der Waals surface area contributed by atoms with Gasteiger partial charge in [0.1, 0.15) is 0 Å². The van der Waals surface area contributed by atoms with E-state index in [1.807, 2.05) is 26.1 Å². The van der Waals surface area contributed by atoms with Crippen LogP contribution in [-0.4, -0.2) is 19.5 Å². The third kappa shape index (κ3) is 2.93. The Labute approximate surface area is 116 Å². The molecule has 0 bridgehead atoms. The van der Waals surface area contributed by atoms with Crippen molar-refractivity contribution >= 4 is 21.8 Å². The van der Waals surface area contributed by atoms with E-state index in [1.165, 1.54) is 5.56 Å². The van der Waals surface area contributed by atoms with Gasteiger partial charge in [0.25, 0.3) is 0 Å². The van der Waals surface area contributed by atoms with Gasteiger partial charge in [-0.15, -0.1) is 0 Å². The SMILES string of the molecule is CNCC(C)C(=O)NC1(c2cccc(Br)c2)CC1. The van der Waals surface area contributed by atoms with Gasteiger partial charge >= 0.3 is 0 Å². The van der Waals surface area contributed by atoms with Crippen molar-refractivity contribution in [3.8, 4) is 0 Å². The third-order valence-corrected chi connectivity index (χ3v) is 3.94. The number of rotatable bonds is 5. The van der Waals surface area contributed by atoms with Gasteiger partial charge < -0.3 is 10.6 Å². The maximum atomic E-state index is 12.1. The number of hydrogen-bond donors (Lipinski definition) is 2. The smallest absolute Gasteiger partial charge is 0.224 e. The molecule has 0 heterocycles. The van der Waals surface area contributed by atoms with E-state index in [2.05, 4.69) is 38.7 Å². The predicted molar refractivity (Wildman–Crippen MR) is 76.3 cm³/mol. The van der Waals surface area contributed by atoms with Crippen molar-refractivity contribution < 1.29 is 4.79 Å². The third-order valence-electron chi connectivity index (χ3n) is 3.45. The summed E-state index contributed by atoms with van der Waals surface area (Å²) in [6, 6.07) is 8.20. The van der Waals surface area contributed by atoms with Crippen molar-refractivity contribution in [2.75, 3.05) is 13.6 Å². The minimum atomic E-state index is -0.122. The topological polar surface area (TPSA) is 41.1 Å². The Bertz CT molecular complexity index is 443. The summed E-state index contributed by atoms with van der Waals surface area (Å²) in [4.78, 5) is 12.1. The number of benzene rings is 1. The predicted octanol–water partition coefficient (Wildman–Crippen LogP) is 2.41. The molecular formula is C14H19BrN2O. The molecule has 3 nitrogen and oxygen atoms in total. The lowest BCUT2D eigenvalue weighted by Gasteiger charge is -2.21. The van der Waals surface area contributed by atoms with Gasteiger partial charge in [-0.2, -0.15) is 0 Å². The van der Waals surface area contributed by atoms with Crippen LogP contribution in [0.15, 0.2) is 28.7 Å². The van der Waals surface area contributed by atoms with Crippen LogP contribution in [0.4, 0.5) is 0 Å². The largest absolute Gasteiger partial charge is 0.346 e. The second-order valence-corrected chi connectivity index (χ2v) is 5.96. The molecule has 2 N–H and O–H groups in total. The molecule has 1 aliphatic carbocycles.